The lowest BCUT2D eigenvalue weighted by Crippen LogP contribution is -2.19. The van der Waals surface area contributed by atoms with Gasteiger partial charge in [-0.05, 0) is 24.6 Å². The number of amides is 1. The van der Waals surface area contributed by atoms with Crippen molar-refractivity contribution in [1.29, 1.82) is 5.26 Å². The van der Waals surface area contributed by atoms with Crippen molar-refractivity contribution in [2.45, 2.75) is 12.8 Å². The molecule has 1 saturated heterocycles. The van der Waals surface area contributed by atoms with Gasteiger partial charge in [0.1, 0.15) is 5.75 Å². The van der Waals surface area contributed by atoms with Crippen LogP contribution in [0.3, 0.4) is 0 Å². The third kappa shape index (κ3) is 5.16. The number of carbonyl (C=O) groups excluding carboxylic acids is 1. The Labute approximate surface area is 140 Å². The van der Waals surface area contributed by atoms with Crippen molar-refractivity contribution in [3.63, 3.8) is 0 Å². The normalized spacial score (nSPS) is 16.0. The minimum Gasteiger partial charge on any atom is -0.493 e. The number of benzene rings is 1. The van der Waals surface area contributed by atoms with Crippen molar-refractivity contribution in [1.82, 2.24) is 5.32 Å². The van der Waals surface area contributed by atoms with Gasteiger partial charge < -0.3 is 10.1 Å². The molecule has 2 rings (SSSR count). The van der Waals surface area contributed by atoms with Crippen LogP contribution in [0, 0.1) is 11.3 Å². The van der Waals surface area contributed by atoms with Crippen LogP contribution in [0.4, 0.5) is 0 Å². The van der Waals surface area contributed by atoms with Gasteiger partial charge in [0, 0.05) is 16.5 Å². The molecule has 0 spiro atoms. The van der Waals surface area contributed by atoms with Gasteiger partial charge in [-0.25, -0.2) is 0 Å². The molecule has 0 unspecified atom stereocenters. The van der Waals surface area contributed by atoms with Crippen LogP contribution in [0.25, 0.3) is 0 Å². The molecule has 22 heavy (non-hydrogen) atoms. The van der Waals surface area contributed by atoms with Crippen LogP contribution in [-0.2, 0) is 4.79 Å². The van der Waals surface area contributed by atoms with E-state index in [1.807, 2.05) is 18.2 Å². The van der Waals surface area contributed by atoms with Crippen LogP contribution >= 0.6 is 27.7 Å². The minimum atomic E-state index is -0.0667. The molecule has 0 aromatic heterocycles. The molecule has 114 valence electrons. The third-order valence-corrected chi connectivity index (χ3v) is 3.95. The molecule has 1 N–H and O–H groups in total. The Hall–Kier alpha value is -1.85. The standard InChI is InChI=1S/C14H13BrN4O2S/c15-11-3-4-12(21-6-2-1-5-16)10(7-11)8-17-19-14-18-13(20)9-22-14/h3-4,7-8H,1-2,6,9H2,(H,18,19,20). The van der Waals surface area contributed by atoms with Gasteiger partial charge in [0.2, 0.25) is 5.91 Å². The fourth-order valence-electron chi connectivity index (χ4n) is 1.61. The molecular formula is C14H13BrN4O2S. The molecule has 0 aliphatic carbocycles. The first kappa shape index (κ1) is 16.5. The largest absolute Gasteiger partial charge is 0.493 e. The quantitative estimate of drug-likeness (QED) is 0.466. The van der Waals surface area contributed by atoms with E-state index in [1.165, 1.54) is 11.8 Å². The van der Waals surface area contributed by atoms with Gasteiger partial charge in [0.05, 0.1) is 24.6 Å². The molecule has 1 heterocycles. The second kappa shape index (κ2) is 8.56. The number of nitrogens with one attached hydrogen (secondary N) is 1. The summed E-state index contributed by atoms with van der Waals surface area (Å²) in [6.07, 6.45) is 2.71. The second-order valence-corrected chi connectivity index (χ2v) is 6.16. The van der Waals surface area contributed by atoms with Crippen molar-refractivity contribution in [2.24, 2.45) is 10.2 Å². The molecule has 0 atom stereocenters. The second-order valence-electron chi connectivity index (χ2n) is 4.28. The van der Waals surface area contributed by atoms with E-state index in [0.717, 1.165) is 10.0 Å². The number of nitrogens with zero attached hydrogens (tertiary/aromatic N) is 3. The van der Waals surface area contributed by atoms with Gasteiger partial charge in [0.15, 0.2) is 5.17 Å². The lowest BCUT2D eigenvalue weighted by atomic mass is 10.2. The SMILES string of the molecule is N#CCCCOc1ccc(Br)cc1C=NN=C1NC(=O)CS1. The smallest absolute Gasteiger partial charge is 0.236 e. The van der Waals surface area contributed by atoms with E-state index in [9.17, 15) is 4.79 Å². The molecule has 6 nitrogen and oxygen atoms in total. The molecule has 1 aromatic carbocycles. The molecule has 0 radical (unpaired) electrons. The summed E-state index contributed by atoms with van der Waals surface area (Å²) in [5, 5.41) is 19.5. The van der Waals surface area contributed by atoms with Crippen LogP contribution in [0.2, 0.25) is 0 Å². The zero-order chi connectivity index (χ0) is 15.8. The number of ether oxygens (including phenoxy) is 1. The van der Waals surface area contributed by atoms with Crippen LogP contribution in [-0.4, -0.2) is 29.6 Å². The number of hydrogen-bond donors (Lipinski definition) is 1. The zero-order valence-corrected chi connectivity index (χ0v) is 14.0. The Morgan fingerprint density at radius 2 is 2.41 bits per heavy atom. The van der Waals surface area contributed by atoms with E-state index in [4.69, 9.17) is 10.00 Å². The first-order chi connectivity index (χ1) is 10.7. The van der Waals surface area contributed by atoms with E-state index in [2.05, 4.69) is 37.5 Å². The highest BCUT2D eigenvalue weighted by Crippen LogP contribution is 2.22. The number of amidine groups is 1. The molecular weight excluding hydrogens is 368 g/mol. The van der Waals surface area contributed by atoms with E-state index < -0.39 is 0 Å². The van der Waals surface area contributed by atoms with Crippen molar-refractivity contribution in [3.8, 4) is 11.8 Å². The fraction of sp³-hybridized carbons (Fsp3) is 0.286. The average molecular weight is 381 g/mol. The summed E-state index contributed by atoms with van der Waals surface area (Å²) < 4.78 is 6.54. The van der Waals surface area contributed by atoms with E-state index in [1.54, 1.807) is 6.21 Å². The Bertz CT molecular complexity index is 655. The summed E-state index contributed by atoms with van der Waals surface area (Å²) in [5.74, 6) is 0.981. The number of nitriles is 1. The highest BCUT2D eigenvalue weighted by Gasteiger charge is 2.15. The monoisotopic (exact) mass is 380 g/mol. The van der Waals surface area contributed by atoms with E-state index in [-0.39, 0.29) is 5.91 Å². The van der Waals surface area contributed by atoms with Crippen LogP contribution in [0.1, 0.15) is 18.4 Å². The first-order valence-electron chi connectivity index (χ1n) is 6.52. The highest BCUT2D eigenvalue weighted by molar-refractivity contribution is 9.10. The van der Waals surface area contributed by atoms with Crippen LogP contribution in [0.15, 0.2) is 32.9 Å². The fourth-order valence-corrected chi connectivity index (χ4v) is 2.62. The van der Waals surface area contributed by atoms with Gasteiger partial charge in [-0.2, -0.15) is 10.4 Å². The van der Waals surface area contributed by atoms with Crippen molar-refractivity contribution < 1.29 is 9.53 Å². The number of unbranched alkanes of at least 4 members (excludes halogenated alkanes) is 1. The summed E-state index contributed by atoms with van der Waals surface area (Å²) in [4.78, 5) is 11.0. The molecule has 0 bridgehead atoms. The topological polar surface area (TPSA) is 86.8 Å². The first-order valence-corrected chi connectivity index (χ1v) is 8.30. The highest BCUT2D eigenvalue weighted by atomic mass is 79.9. The van der Waals surface area contributed by atoms with Gasteiger partial charge >= 0.3 is 0 Å². The maximum Gasteiger partial charge on any atom is 0.236 e. The molecule has 1 aromatic rings. The molecule has 1 aliphatic rings. The van der Waals surface area contributed by atoms with Crippen molar-refractivity contribution in [2.75, 3.05) is 12.4 Å². The van der Waals surface area contributed by atoms with Crippen molar-refractivity contribution >= 4 is 45.0 Å². The Morgan fingerprint density at radius 1 is 1.55 bits per heavy atom. The molecule has 1 fully saturated rings. The van der Waals surface area contributed by atoms with Gasteiger partial charge in [0.25, 0.3) is 0 Å². The molecule has 8 heteroatoms. The maximum atomic E-state index is 11.0. The summed E-state index contributed by atoms with van der Waals surface area (Å²) in [6.45, 7) is 0.469. The van der Waals surface area contributed by atoms with Crippen LogP contribution < -0.4 is 10.1 Å². The molecule has 1 aliphatic heterocycles. The number of hydrogen-bond acceptors (Lipinski definition) is 6. The average Bonchev–Trinajstić information content (AvgIpc) is 2.91. The lowest BCUT2D eigenvalue weighted by Gasteiger charge is -2.08. The molecule has 0 saturated carbocycles. The zero-order valence-electron chi connectivity index (χ0n) is 11.6. The van der Waals surface area contributed by atoms with Crippen molar-refractivity contribution in [3.05, 3.63) is 28.2 Å². The number of rotatable bonds is 6. The van der Waals surface area contributed by atoms with E-state index in [0.29, 0.717) is 36.1 Å². The summed E-state index contributed by atoms with van der Waals surface area (Å²) in [7, 11) is 0. The lowest BCUT2D eigenvalue weighted by molar-refractivity contribution is -0.116. The Kier molecular flexibility index (Phi) is 6.43. The Morgan fingerprint density at radius 3 is 3.14 bits per heavy atom. The molecule has 1 amide bonds. The summed E-state index contributed by atoms with van der Waals surface area (Å²) >= 11 is 4.71. The minimum absolute atomic E-state index is 0.0667. The van der Waals surface area contributed by atoms with Gasteiger partial charge in [-0.15, -0.1) is 5.10 Å². The Balaban J connectivity index is 2.03. The van der Waals surface area contributed by atoms with Gasteiger partial charge in [-0.1, -0.05) is 27.7 Å². The third-order valence-electron chi connectivity index (χ3n) is 2.59. The summed E-state index contributed by atoms with van der Waals surface area (Å²) in [5.41, 5.74) is 0.769. The predicted octanol–water partition coefficient (Wildman–Crippen LogP) is 2.68. The summed E-state index contributed by atoms with van der Waals surface area (Å²) in [6, 6.07) is 7.64. The van der Waals surface area contributed by atoms with E-state index >= 15 is 0 Å². The predicted molar refractivity (Wildman–Crippen MR) is 90.1 cm³/mol. The number of halogens is 1. The maximum absolute atomic E-state index is 11.0. The van der Waals surface area contributed by atoms with Crippen LogP contribution in [0.5, 0.6) is 5.75 Å². The number of thioether (sulfide) groups is 1. The van der Waals surface area contributed by atoms with Gasteiger partial charge in [-0.3, -0.25) is 4.79 Å². The number of carbonyl (C=O) groups is 1.